The Bertz CT molecular complexity index is 734. The molecule has 1 amide bonds. The largest absolute Gasteiger partial charge is 0.334 e. The van der Waals surface area contributed by atoms with Gasteiger partial charge in [-0.15, -0.1) is 10.2 Å². The molecule has 0 bridgehead atoms. The molecule has 0 aliphatic rings. The normalized spacial score (nSPS) is 10.4. The quantitative estimate of drug-likeness (QED) is 0.631. The number of nitrogens with one attached hydrogen (secondary N) is 1. The minimum Gasteiger partial charge on any atom is -0.334 e. The fourth-order valence-corrected chi connectivity index (χ4v) is 2.10. The molecular weight excluding hydrogens is 297 g/mol. The first-order chi connectivity index (χ1) is 9.99. The van der Waals surface area contributed by atoms with Gasteiger partial charge in [0.15, 0.2) is 0 Å². The second-order valence-electron chi connectivity index (χ2n) is 4.06. The van der Waals surface area contributed by atoms with E-state index in [1.54, 1.807) is 6.07 Å². The van der Waals surface area contributed by atoms with Gasteiger partial charge in [-0.2, -0.15) is 4.68 Å². The van der Waals surface area contributed by atoms with Crippen molar-refractivity contribution >= 4 is 23.4 Å². The third kappa shape index (κ3) is 3.57. The predicted octanol–water partition coefficient (Wildman–Crippen LogP) is 0.530. The number of carbonyl (C=O) groups excluding carboxylic acids is 1. The van der Waals surface area contributed by atoms with Gasteiger partial charge < -0.3 is 11.2 Å². The zero-order chi connectivity index (χ0) is 15.4. The minimum atomic E-state index is -0.526. The third-order valence-corrected chi connectivity index (χ3v) is 3.44. The van der Waals surface area contributed by atoms with Crippen LogP contribution in [-0.2, 0) is 4.79 Å². The molecule has 9 heteroatoms. The smallest absolute Gasteiger partial charge is 0.294 e. The molecule has 0 saturated heterocycles. The molecule has 7 nitrogen and oxygen atoms in total. The molecule has 1 aromatic heterocycles. The highest BCUT2D eigenvalue weighted by Crippen LogP contribution is 2.15. The van der Waals surface area contributed by atoms with Crippen molar-refractivity contribution in [2.75, 3.05) is 16.9 Å². The van der Waals surface area contributed by atoms with Crippen LogP contribution in [0.15, 0.2) is 34.2 Å². The second kappa shape index (κ2) is 6.35. The number of halogens is 1. The van der Waals surface area contributed by atoms with Crippen LogP contribution in [0.3, 0.4) is 0 Å². The molecular formula is C12H12FN5O2S. The van der Waals surface area contributed by atoms with Crippen molar-refractivity contribution in [1.82, 2.24) is 14.9 Å². The number of nitrogen functional groups attached to an aromatic ring is 1. The SMILES string of the molecule is Cc1nnc(SCC(=O)Nc2ccccc2F)n(N)c1=O. The maximum Gasteiger partial charge on any atom is 0.294 e. The van der Waals surface area contributed by atoms with E-state index >= 15 is 0 Å². The summed E-state index contributed by atoms with van der Waals surface area (Å²) in [6.07, 6.45) is 0. The predicted molar refractivity (Wildman–Crippen MR) is 76.9 cm³/mol. The van der Waals surface area contributed by atoms with E-state index in [1.807, 2.05) is 0 Å². The van der Waals surface area contributed by atoms with Crippen molar-refractivity contribution in [2.45, 2.75) is 12.1 Å². The summed E-state index contributed by atoms with van der Waals surface area (Å²) in [5.74, 6) is 4.48. The number of hydrogen-bond acceptors (Lipinski definition) is 6. The van der Waals surface area contributed by atoms with Gasteiger partial charge in [0, 0.05) is 0 Å². The highest BCUT2D eigenvalue weighted by atomic mass is 32.2. The number of benzene rings is 1. The van der Waals surface area contributed by atoms with Crippen LogP contribution in [0.5, 0.6) is 0 Å². The summed E-state index contributed by atoms with van der Waals surface area (Å²) >= 11 is 0.933. The molecule has 1 aromatic carbocycles. The summed E-state index contributed by atoms with van der Waals surface area (Å²) in [5, 5.41) is 9.89. The molecule has 0 fully saturated rings. The first-order valence-electron chi connectivity index (χ1n) is 5.87. The van der Waals surface area contributed by atoms with Crippen molar-refractivity contribution < 1.29 is 9.18 Å². The average Bonchev–Trinajstić information content (AvgIpc) is 2.46. The molecule has 0 aliphatic heterocycles. The summed E-state index contributed by atoms with van der Waals surface area (Å²) in [5.41, 5.74) is -0.233. The van der Waals surface area contributed by atoms with Crippen LogP contribution in [-0.4, -0.2) is 26.5 Å². The van der Waals surface area contributed by atoms with Gasteiger partial charge in [0.2, 0.25) is 11.1 Å². The Morgan fingerprint density at radius 2 is 2.14 bits per heavy atom. The monoisotopic (exact) mass is 309 g/mol. The molecule has 0 aliphatic carbocycles. The first kappa shape index (κ1) is 15.0. The third-order valence-electron chi connectivity index (χ3n) is 2.50. The highest BCUT2D eigenvalue weighted by molar-refractivity contribution is 7.99. The second-order valence-corrected chi connectivity index (χ2v) is 5.00. The summed E-state index contributed by atoms with van der Waals surface area (Å²) in [6.45, 7) is 1.48. The molecule has 110 valence electrons. The van der Waals surface area contributed by atoms with Crippen LogP contribution in [0.1, 0.15) is 5.69 Å². The van der Waals surface area contributed by atoms with Crippen molar-refractivity contribution in [1.29, 1.82) is 0 Å². The van der Waals surface area contributed by atoms with Gasteiger partial charge in [-0.05, 0) is 19.1 Å². The van der Waals surface area contributed by atoms with Gasteiger partial charge in [0.05, 0.1) is 11.4 Å². The lowest BCUT2D eigenvalue weighted by atomic mass is 10.3. The lowest BCUT2D eigenvalue weighted by Gasteiger charge is -2.07. The van der Waals surface area contributed by atoms with E-state index < -0.39 is 17.3 Å². The van der Waals surface area contributed by atoms with Crippen molar-refractivity contribution in [3.63, 3.8) is 0 Å². The summed E-state index contributed by atoms with van der Waals surface area (Å²) in [7, 11) is 0. The Morgan fingerprint density at radius 3 is 2.86 bits per heavy atom. The van der Waals surface area contributed by atoms with Gasteiger partial charge >= 0.3 is 0 Å². The molecule has 0 saturated carbocycles. The van der Waals surface area contributed by atoms with E-state index in [-0.39, 0.29) is 22.3 Å². The highest BCUT2D eigenvalue weighted by Gasteiger charge is 2.11. The molecule has 3 N–H and O–H groups in total. The Hall–Kier alpha value is -2.42. The number of nitrogens with zero attached hydrogens (tertiary/aromatic N) is 3. The number of para-hydroxylation sites is 1. The summed E-state index contributed by atoms with van der Waals surface area (Å²) < 4.78 is 14.2. The van der Waals surface area contributed by atoms with E-state index in [0.29, 0.717) is 0 Å². The van der Waals surface area contributed by atoms with Crippen LogP contribution in [0, 0.1) is 12.7 Å². The number of nitrogens with two attached hydrogens (primary N) is 1. The van der Waals surface area contributed by atoms with E-state index in [9.17, 15) is 14.0 Å². The van der Waals surface area contributed by atoms with Crippen molar-refractivity contribution in [3.05, 3.63) is 46.1 Å². The molecule has 2 aromatic rings. The van der Waals surface area contributed by atoms with E-state index in [1.165, 1.54) is 25.1 Å². The number of hydrogen-bond donors (Lipinski definition) is 2. The van der Waals surface area contributed by atoms with Gasteiger partial charge in [0.25, 0.3) is 5.56 Å². The molecule has 0 radical (unpaired) electrons. The lowest BCUT2D eigenvalue weighted by molar-refractivity contribution is -0.113. The molecule has 1 heterocycles. The molecule has 2 rings (SSSR count). The number of carbonyl (C=O) groups is 1. The number of aryl methyl sites for hydroxylation is 1. The van der Waals surface area contributed by atoms with Gasteiger partial charge in [-0.25, -0.2) is 4.39 Å². The molecule has 0 spiro atoms. The Morgan fingerprint density at radius 1 is 1.43 bits per heavy atom. The maximum atomic E-state index is 13.4. The molecule has 0 atom stereocenters. The Balaban J connectivity index is 2.01. The fourth-order valence-electron chi connectivity index (χ4n) is 1.45. The maximum absolute atomic E-state index is 13.4. The minimum absolute atomic E-state index is 0.0806. The van der Waals surface area contributed by atoms with Gasteiger partial charge in [-0.1, -0.05) is 23.9 Å². The molecule has 21 heavy (non-hydrogen) atoms. The lowest BCUT2D eigenvalue weighted by Crippen LogP contribution is -2.32. The number of amides is 1. The average molecular weight is 309 g/mol. The van der Waals surface area contributed by atoms with Crippen molar-refractivity contribution in [3.8, 4) is 0 Å². The molecule has 0 unspecified atom stereocenters. The number of aromatic nitrogens is 3. The van der Waals surface area contributed by atoms with Crippen LogP contribution in [0.4, 0.5) is 10.1 Å². The zero-order valence-corrected chi connectivity index (χ0v) is 11.9. The van der Waals surface area contributed by atoms with Gasteiger partial charge in [-0.3, -0.25) is 9.59 Å². The number of anilines is 1. The first-order valence-corrected chi connectivity index (χ1v) is 6.86. The zero-order valence-electron chi connectivity index (χ0n) is 11.0. The van der Waals surface area contributed by atoms with E-state index in [4.69, 9.17) is 5.84 Å². The Kier molecular flexibility index (Phi) is 4.53. The number of thioether (sulfide) groups is 1. The van der Waals surface area contributed by atoms with E-state index in [0.717, 1.165) is 16.4 Å². The van der Waals surface area contributed by atoms with Crippen LogP contribution in [0.2, 0.25) is 0 Å². The number of rotatable bonds is 4. The summed E-state index contributed by atoms with van der Waals surface area (Å²) in [6, 6.07) is 5.82. The van der Waals surface area contributed by atoms with Crippen molar-refractivity contribution in [2.24, 2.45) is 0 Å². The van der Waals surface area contributed by atoms with E-state index in [2.05, 4.69) is 15.5 Å². The van der Waals surface area contributed by atoms with Crippen LogP contribution in [0.25, 0.3) is 0 Å². The standard InChI is InChI=1S/C12H12FN5O2S/c1-7-11(20)18(14)12(17-16-7)21-6-10(19)15-9-5-3-2-4-8(9)13/h2-5H,6,14H2,1H3,(H,15,19). The van der Waals surface area contributed by atoms with Crippen LogP contribution < -0.4 is 16.7 Å². The topological polar surface area (TPSA) is 103 Å². The van der Waals surface area contributed by atoms with Gasteiger partial charge in [0.1, 0.15) is 11.5 Å². The summed E-state index contributed by atoms with van der Waals surface area (Å²) in [4.78, 5) is 23.3. The fraction of sp³-hybridized carbons (Fsp3) is 0.167. The Labute approximate surface area is 123 Å². The van der Waals surface area contributed by atoms with Crippen LogP contribution >= 0.6 is 11.8 Å².